The second-order valence-electron chi connectivity index (χ2n) is 4.64. The summed E-state index contributed by atoms with van der Waals surface area (Å²) in [6.07, 6.45) is 0.106. The second kappa shape index (κ2) is 7.33. The number of nitrogens with zero attached hydrogens (tertiary/aromatic N) is 1. The largest absolute Gasteiger partial charge is 0.346 e. The van der Waals surface area contributed by atoms with Gasteiger partial charge < -0.3 is 4.90 Å². The van der Waals surface area contributed by atoms with Crippen LogP contribution in [0.25, 0.3) is 0 Å². The van der Waals surface area contributed by atoms with Crippen molar-refractivity contribution >= 4 is 21.7 Å². The lowest BCUT2D eigenvalue weighted by atomic mass is 10.2. The van der Waals surface area contributed by atoms with E-state index >= 15 is 0 Å². The van der Waals surface area contributed by atoms with E-state index in [1.807, 2.05) is 6.92 Å². The lowest BCUT2D eigenvalue weighted by Gasteiger charge is -2.14. The van der Waals surface area contributed by atoms with Crippen LogP contribution in [0, 0.1) is 0 Å². The molecule has 1 aromatic carbocycles. The third-order valence-electron chi connectivity index (χ3n) is 3.10. The Morgan fingerprint density at radius 1 is 1.19 bits per heavy atom. The van der Waals surface area contributed by atoms with Gasteiger partial charge in [0.25, 0.3) is 0 Å². The van der Waals surface area contributed by atoms with Crippen molar-refractivity contribution in [3.05, 3.63) is 29.8 Å². The molecule has 1 aromatic rings. The van der Waals surface area contributed by atoms with E-state index in [-0.39, 0.29) is 29.6 Å². The minimum Gasteiger partial charge on any atom is -0.346 e. The zero-order valence-corrected chi connectivity index (χ0v) is 13.2. The SMILES string of the molecule is CCN(C)C(=O)CCNS(=O)(=O)c1ccc(C(C)=O)cc1. The number of carbonyl (C=O) groups excluding carboxylic acids is 2. The molecule has 0 fully saturated rings. The molecule has 0 radical (unpaired) electrons. The second-order valence-corrected chi connectivity index (χ2v) is 6.40. The maximum Gasteiger partial charge on any atom is 0.240 e. The van der Waals surface area contributed by atoms with Crippen molar-refractivity contribution in [1.29, 1.82) is 0 Å². The molecule has 0 spiro atoms. The molecule has 0 unspecified atom stereocenters. The number of Topliss-reactive ketones (excluding diaryl/α,β-unsaturated/α-hetero) is 1. The number of carbonyl (C=O) groups is 2. The zero-order chi connectivity index (χ0) is 16.0. The number of nitrogens with one attached hydrogen (secondary N) is 1. The first kappa shape index (κ1) is 17.3. The van der Waals surface area contributed by atoms with Gasteiger partial charge in [0.05, 0.1) is 4.90 Å². The maximum atomic E-state index is 12.0. The molecule has 0 heterocycles. The molecule has 0 aliphatic rings. The van der Waals surface area contributed by atoms with E-state index in [0.717, 1.165) is 0 Å². The molecule has 116 valence electrons. The van der Waals surface area contributed by atoms with E-state index in [1.54, 1.807) is 7.05 Å². The van der Waals surface area contributed by atoms with Crippen molar-refractivity contribution < 1.29 is 18.0 Å². The number of sulfonamides is 1. The van der Waals surface area contributed by atoms with Crippen molar-refractivity contribution in [2.75, 3.05) is 20.1 Å². The van der Waals surface area contributed by atoms with E-state index in [9.17, 15) is 18.0 Å². The van der Waals surface area contributed by atoms with Crippen LogP contribution in [0.1, 0.15) is 30.6 Å². The van der Waals surface area contributed by atoms with E-state index in [2.05, 4.69) is 4.72 Å². The Morgan fingerprint density at radius 2 is 1.76 bits per heavy atom. The van der Waals surface area contributed by atoms with E-state index in [1.165, 1.54) is 36.1 Å². The van der Waals surface area contributed by atoms with Crippen LogP contribution in [0.5, 0.6) is 0 Å². The molecular weight excluding hydrogens is 292 g/mol. The predicted octanol–water partition coefficient (Wildman–Crippen LogP) is 1.04. The first-order chi connectivity index (χ1) is 9.77. The Labute approximate surface area is 125 Å². The van der Waals surface area contributed by atoms with Crippen molar-refractivity contribution in [2.24, 2.45) is 0 Å². The fourth-order valence-corrected chi connectivity index (χ4v) is 2.64. The van der Waals surface area contributed by atoms with Crippen LogP contribution >= 0.6 is 0 Å². The van der Waals surface area contributed by atoms with Gasteiger partial charge in [-0.2, -0.15) is 0 Å². The van der Waals surface area contributed by atoms with Gasteiger partial charge in [-0.15, -0.1) is 0 Å². The molecule has 0 saturated carbocycles. The van der Waals surface area contributed by atoms with Crippen LogP contribution in [0.4, 0.5) is 0 Å². The first-order valence-corrected chi connectivity index (χ1v) is 8.11. The summed E-state index contributed by atoms with van der Waals surface area (Å²) >= 11 is 0. The molecule has 21 heavy (non-hydrogen) atoms. The average molecular weight is 312 g/mol. The number of rotatable bonds is 7. The fourth-order valence-electron chi connectivity index (χ4n) is 1.61. The molecule has 1 N–H and O–H groups in total. The summed E-state index contributed by atoms with van der Waals surface area (Å²) in [5, 5.41) is 0. The smallest absolute Gasteiger partial charge is 0.240 e. The van der Waals surface area contributed by atoms with Gasteiger partial charge in [0.1, 0.15) is 0 Å². The van der Waals surface area contributed by atoms with Crippen molar-refractivity contribution in [1.82, 2.24) is 9.62 Å². The molecule has 0 bridgehead atoms. The molecule has 1 amide bonds. The lowest BCUT2D eigenvalue weighted by Crippen LogP contribution is -2.32. The van der Waals surface area contributed by atoms with Gasteiger partial charge in [-0.25, -0.2) is 13.1 Å². The van der Waals surface area contributed by atoms with Gasteiger partial charge in [-0.1, -0.05) is 12.1 Å². The normalized spacial score (nSPS) is 11.2. The van der Waals surface area contributed by atoms with E-state index < -0.39 is 10.0 Å². The predicted molar refractivity (Wildman–Crippen MR) is 79.6 cm³/mol. The summed E-state index contributed by atoms with van der Waals surface area (Å²) in [4.78, 5) is 24.3. The maximum absolute atomic E-state index is 12.0. The molecular formula is C14H20N2O4S. The molecule has 0 atom stereocenters. The zero-order valence-electron chi connectivity index (χ0n) is 12.4. The molecule has 0 saturated heterocycles. The Kier molecular flexibility index (Phi) is 6.04. The topological polar surface area (TPSA) is 83.6 Å². The highest BCUT2D eigenvalue weighted by Gasteiger charge is 2.15. The minimum atomic E-state index is -3.66. The van der Waals surface area contributed by atoms with E-state index in [0.29, 0.717) is 12.1 Å². The van der Waals surface area contributed by atoms with Crippen LogP contribution in [-0.4, -0.2) is 45.1 Å². The van der Waals surface area contributed by atoms with Crippen molar-refractivity contribution in [2.45, 2.75) is 25.2 Å². The molecule has 0 aromatic heterocycles. The number of benzene rings is 1. The summed E-state index contributed by atoms with van der Waals surface area (Å²) < 4.78 is 26.4. The Hall–Kier alpha value is -1.73. The van der Waals surface area contributed by atoms with Crippen molar-refractivity contribution in [3.8, 4) is 0 Å². The van der Waals surface area contributed by atoms with Gasteiger partial charge in [-0.3, -0.25) is 9.59 Å². The molecule has 1 rings (SSSR count). The van der Waals surface area contributed by atoms with Crippen LogP contribution in [-0.2, 0) is 14.8 Å². The average Bonchev–Trinajstić information content (AvgIpc) is 2.46. The lowest BCUT2D eigenvalue weighted by molar-refractivity contribution is -0.129. The summed E-state index contributed by atoms with van der Waals surface area (Å²) in [5.74, 6) is -0.243. The summed E-state index contributed by atoms with van der Waals surface area (Å²) in [7, 11) is -2.00. The van der Waals surface area contributed by atoms with Crippen molar-refractivity contribution in [3.63, 3.8) is 0 Å². The number of amides is 1. The van der Waals surface area contributed by atoms with Crippen LogP contribution in [0.15, 0.2) is 29.2 Å². The molecule has 0 aliphatic carbocycles. The number of hydrogen-bond donors (Lipinski definition) is 1. The molecule has 6 nitrogen and oxygen atoms in total. The quantitative estimate of drug-likeness (QED) is 0.762. The highest BCUT2D eigenvalue weighted by molar-refractivity contribution is 7.89. The first-order valence-electron chi connectivity index (χ1n) is 6.62. The minimum absolute atomic E-state index is 0.0416. The standard InChI is InChI=1S/C14H20N2O4S/c1-4-16(3)14(18)9-10-15-21(19,20)13-7-5-12(6-8-13)11(2)17/h5-8,15H,4,9-10H2,1-3H3. The summed E-state index contributed by atoms with van der Waals surface area (Å²) in [6.45, 7) is 3.88. The molecule has 0 aliphatic heterocycles. The molecule has 7 heteroatoms. The van der Waals surface area contributed by atoms with Gasteiger partial charge in [0, 0.05) is 32.1 Å². The van der Waals surface area contributed by atoms with E-state index in [4.69, 9.17) is 0 Å². The van der Waals surface area contributed by atoms with Gasteiger partial charge >= 0.3 is 0 Å². The highest BCUT2D eigenvalue weighted by atomic mass is 32.2. The Morgan fingerprint density at radius 3 is 2.24 bits per heavy atom. The highest BCUT2D eigenvalue weighted by Crippen LogP contribution is 2.11. The van der Waals surface area contributed by atoms with Crippen LogP contribution in [0.2, 0.25) is 0 Å². The van der Waals surface area contributed by atoms with Gasteiger partial charge in [-0.05, 0) is 26.0 Å². The van der Waals surface area contributed by atoms with Crippen LogP contribution in [0.3, 0.4) is 0 Å². The number of hydrogen-bond acceptors (Lipinski definition) is 4. The summed E-state index contributed by atoms with van der Waals surface area (Å²) in [6, 6.07) is 5.68. The van der Waals surface area contributed by atoms with Gasteiger partial charge in [0.15, 0.2) is 5.78 Å². The van der Waals surface area contributed by atoms with Gasteiger partial charge in [0.2, 0.25) is 15.9 Å². The third kappa shape index (κ3) is 4.95. The fraction of sp³-hybridized carbons (Fsp3) is 0.429. The monoisotopic (exact) mass is 312 g/mol. The summed E-state index contributed by atoms with van der Waals surface area (Å²) in [5.41, 5.74) is 0.452. The number of ketones is 1. The Bertz CT molecular complexity index is 608. The van der Waals surface area contributed by atoms with Crippen LogP contribution < -0.4 is 4.72 Å². The Balaban J connectivity index is 2.65. The third-order valence-corrected chi connectivity index (χ3v) is 4.58.